The van der Waals surface area contributed by atoms with E-state index in [0.29, 0.717) is 6.04 Å². The van der Waals surface area contributed by atoms with Crippen LogP contribution in [0.2, 0.25) is 0 Å². The fraction of sp³-hybridized carbons (Fsp3) is 0.650. The Kier molecular flexibility index (Phi) is 6.97. The maximum atomic E-state index is 11.9. The van der Waals surface area contributed by atoms with E-state index < -0.39 is 5.60 Å². The summed E-state index contributed by atoms with van der Waals surface area (Å²) in [5.41, 5.74) is 0.629. The largest absolute Gasteiger partial charge is 0.494 e. The molecule has 5 nitrogen and oxygen atoms in total. The number of rotatable bonds is 6. The number of alkyl carbamates (subject to hydrolysis) is 1. The van der Waals surface area contributed by atoms with Crippen molar-refractivity contribution in [2.75, 3.05) is 11.9 Å². The number of carbonyl (C=O) groups excluding carboxylic acids is 1. The topological polar surface area (TPSA) is 59.6 Å². The average molecular weight is 348 g/mol. The van der Waals surface area contributed by atoms with Gasteiger partial charge in [-0.25, -0.2) is 4.79 Å². The fourth-order valence-electron chi connectivity index (χ4n) is 3.03. The number of anilines is 1. The zero-order valence-electron chi connectivity index (χ0n) is 15.9. The first kappa shape index (κ1) is 19.4. The van der Waals surface area contributed by atoms with Gasteiger partial charge in [-0.2, -0.15) is 0 Å². The monoisotopic (exact) mass is 348 g/mol. The molecule has 5 heteroatoms. The van der Waals surface area contributed by atoms with Crippen LogP contribution in [0, 0.1) is 0 Å². The summed E-state index contributed by atoms with van der Waals surface area (Å²) in [4.78, 5) is 11.9. The molecule has 1 aromatic rings. The molecule has 0 aromatic heterocycles. The molecule has 140 valence electrons. The molecule has 2 N–H and O–H groups in total. The van der Waals surface area contributed by atoms with Crippen LogP contribution in [0.4, 0.5) is 10.5 Å². The van der Waals surface area contributed by atoms with E-state index in [4.69, 9.17) is 9.47 Å². The molecule has 1 amide bonds. The van der Waals surface area contributed by atoms with Crippen molar-refractivity contribution in [3.63, 3.8) is 0 Å². The SMILES string of the molecule is CCCOc1ccc(NC2CCCC(NC(=O)OC(C)(C)C)C2)cc1. The number of carbonyl (C=O) groups is 1. The zero-order chi connectivity index (χ0) is 18.3. The van der Waals surface area contributed by atoms with Crippen molar-refractivity contribution < 1.29 is 14.3 Å². The highest BCUT2D eigenvalue weighted by atomic mass is 16.6. The van der Waals surface area contributed by atoms with E-state index in [0.717, 1.165) is 50.1 Å². The molecular formula is C20H32N2O3. The molecule has 0 spiro atoms. The lowest BCUT2D eigenvalue weighted by molar-refractivity contribution is 0.0492. The van der Waals surface area contributed by atoms with Gasteiger partial charge in [0.15, 0.2) is 0 Å². The lowest BCUT2D eigenvalue weighted by Crippen LogP contribution is -2.43. The van der Waals surface area contributed by atoms with Gasteiger partial charge < -0.3 is 20.1 Å². The van der Waals surface area contributed by atoms with E-state index in [1.807, 2.05) is 32.9 Å². The molecule has 2 unspecified atom stereocenters. The van der Waals surface area contributed by atoms with Crippen LogP contribution in [-0.2, 0) is 4.74 Å². The van der Waals surface area contributed by atoms with Crippen LogP contribution in [0.15, 0.2) is 24.3 Å². The van der Waals surface area contributed by atoms with E-state index in [9.17, 15) is 4.79 Å². The second kappa shape index (κ2) is 8.97. The number of nitrogens with one attached hydrogen (secondary N) is 2. The van der Waals surface area contributed by atoms with Crippen LogP contribution in [0.25, 0.3) is 0 Å². The van der Waals surface area contributed by atoms with Gasteiger partial charge in [-0.1, -0.05) is 6.92 Å². The summed E-state index contributed by atoms with van der Waals surface area (Å²) in [6.07, 6.45) is 4.80. The minimum atomic E-state index is -0.460. The summed E-state index contributed by atoms with van der Waals surface area (Å²) in [6, 6.07) is 8.62. The highest BCUT2D eigenvalue weighted by Gasteiger charge is 2.25. The minimum absolute atomic E-state index is 0.160. The number of benzene rings is 1. The smallest absolute Gasteiger partial charge is 0.407 e. The van der Waals surface area contributed by atoms with Crippen LogP contribution >= 0.6 is 0 Å². The van der Waals surface area contributed by atoms with E-state index in [1.165, 1.54) is 0 Å². The molecule has 1 aliphatic rings. The van der Waals surface area contributed by atoms with Crippen molar-refractivity contribution in [3.05, 3.63) is 24.3 Å². The molecule has 0 radical (unpaired) electrons. The van der Waals surface area contributed by atoms with Gasteiger partial charge in [-0.3, -0.25) is 0 Å². The summed E-state index contributed by atoms with van der Waals surface area (Å²) >= 11 is 0. The molecule has 2 rings (SSSR count). The van der Waals surface area contributed by atoms with Crippen molar-refractivity contribution in [1.29, 1.82) is 0 Å². The first-order chi connectivity index (χ1) is 11.9. The Bertz CT molecular complexity index is 537. The van der Waals surface area contributed by atoms with Crippen LogP contribution in [0.3, 0.4) is 0 Å². The number of hydrogen-bond acceptors (Lipinski definition) is 4. The first-order valence-electron chi connectivity index (χ1n) is 9.34. The Labute approximate surface area is 151 Å². The molecule has 25 heavy (non-hydrogen) atoms. The van der Waals surface area contributed by atoms with Gasteiger partial charge in [-0.15, -0.1) is 0 Å². The Hall–Kier alpha value is -1.91. The van der Waals surface area contributed by atoms with Gasteiger partial charge in [0.2, 0.25) is 0 Å². The second-order valence-corrected chi connectivity index (χ2v) is 7.72. The normalized spacial score (nSPS) is 20.6. The summed E-state index contributed by atoms with van der Waals surface area (Å²) in [5.74, 6) is 0.903. The van der Waals surface area contributed by atoms with E-state index in [2.05, 4.69) is 29.7 Å². The van der Waals surface area contributed by atoms with Gasteiger partial charge in [0.1, 0.15) is 11.4 Å². The van der Waals surface area contributed by atoms with Gasteiger partial charge in [0.25, 0.3) is 0 Å². The summed E-state index contributed by atoms with van der Waals surface area (Å²) in [7, 11) is 0. The fourth-order valence-corrected chi connectivity index (χ4v) is 3.03. The number of amides is 1. The number of hydrogen-bond donors (Lipinski definition) is 2. The summed E-state index contributed by atoms with van der Waals surface area (Å²) < 4.78 is 11.0. The molecule has 1 fully saturated rings. The van der Waals surface area contributed by atoms with Crippen LogP contribution in [0.5, 0.6) is 5.75 Å². The van der Waals surface area contributed by atoms with Crippen molar-refractivity contribution in [2.24, 2.45) is 0 Å². The van der Waals surface area contributed by atoms with E-state index in [-0.39, 0.29) is 12.1 Å². The van der Waals surface area contributed by atoms with E-state index >= 15 is 0 Å². The maximum absolute atomic E-state index is 11.9. The third-order valence-corrected chi connectivity index (χ3v) is 4.09. The molecule has 1 saturated carbocycles. The van der Waals surface area contributed by atoms with Crippen molar-refractivity contribution >= 4 is 11.8 Å². The Morgan fingerprint density at radius 1 is 1.16 bits per heavy atom. The Balaban J connectivity index is 1.81. The highest BCUT2D eigenvalue weighted by Crippen LogP contribution is 2.24. The third-order valence-electron chi connectivity index (χ3n) is 4.09. The minimum Gasteiger partial charge on any atom is -0.494 e. The lowest BCUT2D eigenvalue weighted by atomic mass is 9.91. The molecule has 0 bridgehead atoms. The van der Waals surface area contributed by atoms with Crippen molar-refractivity contribution in [2.45, 2.75) is 77.5 Å². The maximum Gasteiger partial charge on any atom is 0.407 e. The predicted molar refractivity (Wildman–Crippen MR) is 101 cm³/mol. The average Bonchev–Trinajstić information content (AvgIpc) is 2.52. The van der Waals surface area contributed by atoms with Crippen LogP contribution in [-0.4, -0.2) is 30.4 Å². The molecule has 0 heterocycles. The molecule has 0 aliphatic heterocycles. The third kappa shape index (κ3) is 7.24. The molecular weight excluding hydrogens is 316 g/mol. The quantitative estimate of drug-likeness (QED) is 0.781. The summed E-state index contributed by atoms with van der Waals surface area (Å²) in [5, 5.41) is 6.57. The predicted octanol–water partition coefficient (Wildman–Crippen LogP) is 4.72. The zero-order valence-corrected chi connectivity index (χ0v) is 15.9. The van der Waals surface area contributed by atoms with Crippen molar-refractivity contribution in [3.8, 4) is 5.75 Å². The molecule has 0 saturated heterocycles. The summed E-state index contributed by atoms with van der Waals surface area (Å²) in [6.45, 7) is 8.48. The first-order valence-corrected chi connectivity index (χ1v) is 9.34. The second-order valence-electron chi connectivity index (χ2n) is 7.72. The molecule has 2 atom stereocenters. The molecule has 1 aliphatic carbocycles. The van der Waals surface area contributed by atoms with Crippen molar-refractivity contribution in [1.82, 2.24) is 5.32 Å². The molecule has 1 aromatic carbocycles. The standard InChI is InChI=1S/C20H32N2O3/c1-5-13-24-18-11-9-15(10-12-18)21-16-7-6-8-17(14-16)22-19(23)25-20(2,3)4/h9-12,16-17,21H,5-8,13-14H2,1-4H3,(H,22,23). The number of ether oxygens (including phenoxy) is 2. The highest BCUT2D eigenvalue weighted by molar-refractivity contribution is 5.68. The van der Waals surface area contributed by atoms with E-state index in [1.54, 1.807) is 0 Å². The van der Waals surface area contributed by atoms with Crippen LogP contribution < -0.4 is 15.4 Å². The Morgan fingerprint density at radius 3 is 2.48 bits per heavy atom. The van der Waals surface area contributed by atoms with Gasteiger partial charge >= 0.3 is 6.09 Å². The van der Waals surface area contributed by atoms with Gasteiger partial charge in [-0.05, 0) is 77.1 Å². The van der Waals surface area contributed by atoms with Crippen LogP contribution in [0.1, 0.15) is 59.8 Å². The van der Waals surface area contributed by atoms with Gasteiger partial charge in [0, 0.05) is 17.8 Å². The lowest BCUT2D eigenvalue weighted by Gasteiger charge is -2.31. The van der Waals surface area contributed by atoms with Gasteiger partial charge in [0.05, 0.1) is 6.61 Å². The Morgan fingerprint density at radius 2 is 1.84 bits per heavy atom.